The first kappa shape index (κ1) is 31.5. The number of thiophene rings is 1. The zero-order valence-corrected chi connectivity index (χ0v) is 26.2. The number of hydrogen-bond acceptors (Lipinski definition) is 6. The van der Waals surface area contributed by atoms with Crippen LogP contribution in [0.15, 0.2) is 65.6 Å². The molecule has 4 nitrogen and oxygen atoms in total. The maximum Gasteiger partial charge on any atom is 0.125 e. The highest BCUT2D eigenvalue weighted by molar-refractivity contribution is 8.00. The molecule has 0 spiro atoms. The van der Waals surface area contributed by atoms with Crippen LogP contribution < -0.4 is 9.04 Å². The fraction of sp³-hybridized carbons (Fsp3) is 0.515. The molecule has 1 N–H and O–H groups in total. The smallest absolute Gasteiger partial charge is 0.125 e. The second-order valence-electron chi connectivity index (χ2n) is 10.6. The second kappa shape index (κ2) is 16.3. The molecule has 0 saturated carbocycles. The van der Waals surface area contributed by atoms with Crippen LogP contribution in [0.2, 0.25) is 0 Å². The number of benzene rings is 2. The zero-order valence-electron chi connectivity index (χ0n) is 24.6. The molecule has 1 saturated heterocycles. The number of aliphatic hydroxyl groups excluding tert-OH is 1. The predicted molar refractivity (Wildman–Crippen MR) is 170 cm³/mol. The van der Waals surface area contributed by atoms with Crippen LogP contribution >= 0.6 is 23.3 Å². The molecule has 6 heteroatoms. The van der Waals surface area contributed by atoms with Gasteiger partial charge in [0.05, 0.1) is 6.10 Å². The van der Waals surface area contributed by atoms with Crippen LogP contribution in [0.4, 0.5) is 5.00 Å². The van der Waals surface area contributed by atoms with Crippen molar-refractivity contribution in [2.24, 2.45) is 11.8 Å². The highest BCUT2D eigenvalue weighted by Gasteiger charge is 2.33. The number of ether oxygens (including phenoxy) is 2. The molecule has 1 aromatic heterocycles. The fourth-order valence-corrected chi connectivity index (χ4v) is 6.89. The van der Waals surface area contributed by atoms with Crippen molar-refractivity contribution in [3.05, 3.63) is 66.2 Å². The van der Waals surface area contributed by atoms with Gasteiger partial charge in [0, 0.05) is 47.3 Å². The summed E-state index contributed by atoms with van der Waals surface area (Å²) in [6.07, 6.45) is 7.54. The molecule has 2 aliphatic heterocycles. The highest BCUT2D eigenvalue weighted by Crippen LogP contribution is 2.43. The Labute approximate surface area is 244 Å². The van der Waals surface area contributed by atoms with Crippen molar-refractivity contribution in [2.75, 3.05) is 24.1 Å². The van der Waals surface area contributed by atoms with Crippen LogP contribution in [-0.4, -0.2) is 31.0 Å². The quantitative estimate of drug-likeness (QED) is 0.236. The summed E-state index contributed by atoms with van der Waals surface area (Å²) in [5.74, 6) is 1.84. The summed E-state index contributed by atoms with van der Waals surface area (Å²) in [6.45, 7) is 15.3. The lowest BCUT2D eigenvalue weighted by atomic mass is 9.87. The first-order chi connectivity index (χ1) is 18.9. The minimum absolute atomic E-state index is 0.0795. The van der Waals surface area contributed by atoms with E-state index in [4.69, 9.17) is 9.47 Å². The van der Waals surface area contributed by atoms with E-state index in [1.165, 1.54) is 21.5 Å². The highest BCUT2D eigenvalue weighted by atomic mass is 32.2. The first-order valence-electron chi connectivity index (χ1n) is 14.5. The molecule has 0 bridgehead atoms. The van der Waals surface area contributed by atoms with Crippen molar-refractivity contribution in [1.82, 2.24) is 0 Å². The minimum Gasteiger partial charge on any atom is -0.490 e. The fourth-order valence-electron chi connectivity index (χ4n) is 4.61. The maximum absolute atomic E-state index is 10.9. The van der Waals surface area contributed by atoms with Crippen LogP contribution in [0.1, 0.15) is 78.9 Å². The maximum atomic E-state index is 10.9. The molecule has 39 heavy (non-hydrogen) atoms. The summed E-state index contributed by atoms with van der Waals surface area (Å²) in [4.78, 5) is 1.13. The molecule has 3 aromatic rings. The van der Waals surface area contributed by atoms with Gasteiger partial charge < -0.3 is 18.9 Å². The molecule has 5 rings (SSSR count). The molecule has 2 aromatic carbocycles. The molecular weight excluding hydrogens is 523 g/mol. The van der Waals surface area contributed by atoms with Crippen LogP contribution in [-0.2, 0) is 4.74 Å². The second-order valence-corrected chi connectivity index (χ2v) is 12.8. The van der Waals surface area contributed by atoms with Crippen LogP contribution in [0.25, 0.3) is 10.1 Å². The molecule has 0 amide bonds. The third kappa shape index (κ3) is 9.28. The average molecular weight is 570 g/mol. The molecule has 2 aliphatic rings. The molecule has 0 aliphatic carbocycles. The Morgan fingerprint density at radius 1 is 1.05 bits per heavy atom. The number of rotatable bonds is 6. The lowest BCUT2D eigenvalue weighted by Gasteiger charge is -2.36. The Morgan fingerprint density at radius 3 is 2.38 bits per heavy atom. The van der Waals surface area contributed by atoms with Gasteiger partial charge in [-0.1, -0.05) is 64.5 Å². The van der Waals surface area contributed by atoms with E-state index in [2.05, 4.69) is 74.5 Å². The van der Waals surface area contributed by atoms with E-state index in [9.17, 15) is 5.11 Å². The Kier molecular flexibility index (Phi) is 13.2. The first-order valence-corrected chi connectivity index (χ1v) is 16.1. The van der Waals surface area contributed by atoms with Crippen LogP contribution in [0.3, 0.4) is 0 Å². The Bertz CT molecular complexity index is 1120. The van der Waals surface area contributed by atoms with Crippen LogP contribution in [0, 0.1) is 11.8 Å². The van der Waals surface area contributed by atoms with E-state index in [-0.39, 0.29) is 6.10 Å². The largest absolute Gasteiger partial charge is 0.490 e. The summed E-state index contributed by atoms with van der Waals surface area (Å²) in [7, 11) is 0. The lowest BCUT2D eigenvalue weighted by molar-refractivity contribution is -0.0151. The van der Waals surface area contributed by atoms with Gasteiger partial charge in [-0.25, -0.2) is 0 Å². The van der Waals surface area contributed by atoms with Gasteiger partial charge in [-0.15, -0.1) is 11.3 Å². The molecular formula is C33H47NO3S2. The lowest BCUT2D eigenvalue weighted by Crippen LogP contribution is -2.36. The van der Waals surface area contributed by atoms with Gasteiger partial charge >= 0.3 is 0 Å². The molecule has 2 unspecified atom stereocenters. The Hall–Kier alpha value is -1.99. The molecule has 0 radical (unpaired) electrons. The molecule has 1 fully saturated rings. The van der Waals surface area contributed by atoms with E-state index in [1.807, 2.05) is 43.4 Å². The van der Waals surface area contributed by atoms with Crippen LogP contribution in [0.5, 0.6) is 5.75 Å². The number of fused-ring (bicyclic) bond motifs is 2. The summed E-state index contributed by atoms with van der Waals surface area (Å²) in [5.41, 5.74) is 0.916. The normalized spacial score (nSPS) is 19.1. The number of allylic oxidation sites excluding steroid dienone is 2. The van der Waals surface area contributed by atoms with Gasteiger partial charge in [-0.3, -0.25) is 0 Å². The van der Waals surface area contributed by atoms with E-state index >= 15 is 0 Å². The number of hydrogen-bond donors (Lipinski definition) is 1. The van der Waals surface area contributed by atoms with Gasteiger partial charge in [-0.05, 0) is 80.3 Å². The molecule has 214 valence electrons. The number of aliphatic hydroxyl groups is 1. The van der Waals surface area contributed by atoms with Crippen molar-refractivity contribution in [3.8, 4) is 5.75 Å². The Morgan fingerprint density at radius 2 is 1.74 bits per heavy atom. The van der Waals surface area contributed by atoms with Crippen molar-refractivity contribution in [2.45, 2.75) is 84.3 Å². The van der Waals surface area contributed by atoms with E-state index in [0.717, 1.165) is 48.8 Å². The van der Waals surface area contributed by atoms with Crippen molar-refractivity contribution >= 4 is 38.4 Å². The van der Waals surface area contributed by atoms with Gasteiger partial charge in [0.1, 0.15) is 16.9 Å². The van der Waals surface area contributed by atoms with Crippen molar-refractivity contribution in [1.29, 1.82) is 0 Å². The summed E-state index contributed by atoms with van der Waals surface area (Å²) >= 11 is 3.58. The van der Waals surface area contributed by atoms with Crippen molar-refractivity contribution in [3.63, 3.8) is 0 Å². The Balaban J connectivity index is 0.000000542. The monoisotopic (exact) mass is 569 g/mol. The summed E-state index contributed by atoms with van der Waals surface area (Å²) in [6, 6.07) is 17.1. The van der Waals surface area contributed by atoms with E-state index in [0.29, 0.717) is 18.3 Å². The van der Waals surface area contributed by atoms with Gasteiger partial charge in [-0.2, -0.15) is 0 Å². The summed E-state index contributed by atoms with van der Waals surface area (Å²) in [5, 5.41) is 13.5. The number of anilines is 1. The third-order valence-electron chi connectivity index (χ3n) is 6.60. The van der Waals surface area contributed by atoms with Crippen molar-refractivity contribution < 1.29 is 14.6 Å². The SMILES string of the molecule is C/C=C\C.CC(C)CN(Sc1ccc2c(c1)C(O)CC(C1CCOCC1)O2)c1cc2ccccc2s1.CCC. The van der Waals surface area contributed by atoms with Gasteiger partial charge in [0.15, 0.2) is 0 Å². The number of nitrogens with zero attached hydrogens (tertiary/aromatic N) is 1. The molecule has 2 atom stereocenters. The topological polar surface area (TPSA) is 41.9 Å². The predicted octanol–water partition coefficient (Wildman–Crippen LogP) is 9.68. The zero-order chi connectivity index (χ0) is 28.2. The summed E-state index contributed by atoms with van der Waals surface area (Å²) < 4.78 is 15.5. The average Bonchev–Trinajstić information content (AvgIpc) is 3.38. The van der Waals surface area contributed by atoms with Gasteiger partial charge in [0.25, 0.3) is 0 Å². The standard InChI is InChI=1S/C26H31NO3S2.C4H8.C3H8/c1-17(2)16-27(26-13-19-5-3-4-6-25(19)31-26)32-20-7-8-23-21(14-20)22(28)15-24(30-23)18-9-11-29-12-10-18;1-3-4-2;1-3-2/h3-8,13-14,17-18,22,24,28H,9-12,15-16H2,1-2H3;3-4H,1-2H3;3H2,1-2H3/b;4-3-;. The van der Waals surface area contributed by atoms with E-state index < -0.39 is 6.10 Å². The van der Waals surface area contributed by atoms with E-state index in [1.54, 1.807) is 11.9 Å². The third-order valence-corrected chi connectivity index (χ3v) is 8.89. The molecule has 3 heterocycles. The van der Waals surface area contributed by atoms with Gasteiger partial charge in [0.2, 0.25) is 0 Å². The minimum atomic E-state index is -0.477.